The number of allylic oxidation sites excluding steroid dienone is 2. The number of halogens is 2. The van der Waals surface area contributed by atoms with Crippen LogP contribution in [0.1, 0.15) is 0 Å². The van der Waals surface area contributed by atoms with Crippen LogP contribution >= 0.6 is 35.8 Å². The molecule has 0 bridgehead atoms. The summed E-state index contributed by atoms with van der Waals surface area (Å²) in [5, 5.41) is 8.92. The largest absolute Gasteiger partial charge is 0.477 e. The molecule has 1 saturated heterocycles. The molecule has 2 rings (SSSR count). The summed E-state index contributed by atoms with van der Waals surface area (Å²) in [7, 11) is 0. The summed E-state index contributed by atoms with van der Waals surface area (Å²) in [5.74, 6) is -0.615. The minimum atomic E-state index is -1.11. The first kappa shape index (κ1) is 15.4. The van der Waals surface area contributed by atoms with Crippen LogP contribution in [0.4, 0.5) is 0 Å². The van der Waals surface area contributed by atoms with E-state index in [0.717, 1.165) is 0 Å². The molecule has 100 valence electrons. The SMILES string of the molecule is Cl.NC1C(=O)N2C(C(=O)O)=C(/C=C/CCl)CSC12. The zero-order valence-corrected chi connectivity index (χ0v) is 11.6. The van der Waals surface area contributed by atoms with Crippen LogP contribution in [-0.4, -0.2) is 44.9 Å². The van der Waals surface area contributed by atoms with Gasteiger partial charge < -0.3 is 10.8 Å². The molecule has 0 radical (unpaired) electrons. The third-order valence-electron chi connectivity index (χ3n) is 2.65. The first-order valence-corrected chi connectivity index (χ1v) is 6.55. The molecule has 0 spiro atoms. The first-order valence-electron chi connectivity index (χ1n) is 4.97. The number of hydrogen-bond acceptors (Lipinski definition) is 4. The number of carboxylic acids is 1. The standard InChI is InChI=1S/C10H11ClN2O3S.ClH/c11-3-1-2-5-4-17-9-6(12)8(14)13(9)7(5)10(15)16;/h1-2,6,9H,3-4,12H2,(H,15,16);1H/b2-1+;. The van der Waals surface area contributed by atoms with Gasteiger partial charge in [0.2, 0.25) is 5.91 Å². The maximum Gasteiger partial charge on any atom is 0.352 e. The Bertz CT molecular complexity index is 439. The zero-order valence-electron chi connectivity index (χ0n) is 9.21. The fourth-order valence-corrected chi connectivity index (χ4v) is 3.21. The molecule has 0 saturated carbocycles. The molecule has 1 amide bonds. The molecule has 2 atom stereocenters. The Kier molecular flexibility index (Phi) is 5.10. The second-order valence-electron chi connectivity index (χ2n) is 3.67. The van der Waals surface area contributed by atoms with E-state index in [1.165, 1.54) is 16.7 Å². The summed E-state index contributed by atoms with van der Waals surface area (Å²) in [6, 6.07) is -0.590. The summed E-state index contributed by atoms with van der Waals surface area (Å²) in [4.78, 5) is 24.0. The smallest absolute Gasteiger partial charge is 0.352 e. The predicted octanol–water partition coefficient (Wildman–Crippen LogP) is 0.784. The molecule has 3 N–H and O–H groups in total. The predicted molar refractivity (Wildman–Crippen MR) is 72.8 cm³/mol. The van der Waals surface area contributed by atoms with Crippen molar-refractivity contribution in [3.05, 3.63) is 23.4 Å². The highest BCUT2D eigenvalue weighted by Gasteiger charge is 2.51. The van der Waals surface area contributed by atoms with Crippen LogP contribution in [0.25, 0.3) is 0 Å². The molecule has 2 heterocycles. The molecular formula is C10H12Cl2N2O3S. The summed E-state index contributed by atoms with van der Waals surface area (Å²) in [6.07, 6.45) is 3.31. The van der Waals surface area contributed by atoms with Gasteiger partial charge in [-0.3, -0.25) is 9.69 Å². The lowest BCUT2D eigenvalue weighted by molar-refractivity contribution is -0.147. The highest BCUT2D eigenvalue weighted by Crippen LogP contribution is 2.39. The molecule has 8 heteroatoms. The van der Waals surface area contributed by atoms with E-state index in [1.54, 1.807) is 12.2 Å². The van der Waals surface area contributed by atoms with Crippen LogP contribution in [0.15, 0.2) is 23.4 Å². The molecule has 0 aliphatic carbocycles. The van der Waals surface area contributed by atoms with Crippen molar-refractivity contribution in [2.75, 3.05) is 11.6 Å². The van der Waals surface area contributed by atoms with Gasteiger partial charge in [-0.1, -0.05) is 12.2 Å². The number of rotatable bonds is 3. The molecule has 0 aromatic carbocycles. The molecule has 0 aromatic heterocycles. The number of β-lactam (4-membered cyclic amide) rings is 1. The summed E-state index contributed by atoms with van der Waals surface area (Å²) in [6.45, 7) is 0. The molecule has 18 heavy (non-hydrogen) atoms. The van der Waals surface area contributed by atoms with Gasteiger partial charge in [-0.15, -0.1) is 35.8 Å². The van der Waals surface area contributed by atoms with Gasteiger partial charge in [0.05, 0.1) is 0 Å². The Morgan fingerprint density at radius 3 is 2.89 bits per heavy atom. The van der Waals surface area contributed by atoms with E-state index >= 15 is 0 Å². The number of nitrogens with zero attached hydrogens (tertiary/aromatic N) is 1. The summed E-state index contributed by atoms with van der Waals surface area (Å²) >= 11 is 6.98. The fourth-order valence-electron chi connectivity index (χ4n) is 1.85. The maximum atomic E-state index is 11.6. The van der Waals surface area contributed by atoms with Crippen LogP contribution < -0.4 is 5.73 Å². The van der Waals surface area contributed by atoms with Crippen molar-refractivity contribution in [1.29, 1.82) is 0 Å². The number of alkyl halides is 1. The number of carboxylic acid groups (broad SMARTS) is 1. The molecule has 2 aliphatic rings. The van der Waals surface area contributed by atoms with Crippen LogP contribution in [0.2, 0.25) is 0 Å². The van der Waals surface area contributed by atoms with Gasteiger partial charge in [0.1, 0.15) is 17.1 Å². The number of carbonyl (C=O) groups excluding carboxylic acids is 1. The van der Waals surface area contributed by atoms with E-state index in [2.05, 4.69) is 0 Å². The summed E-state index contributed by atoms with van der Waals surface area (Å²) in [5.41, 5.74) is 6.24. The van der Waals surface area contributed by atoms with E-state index in [0.29, 0.717) is 17.2 Å². The Balaban J connectivity index is 0.00000162. The minimum Gasteiger partial charge on any atom is -0.477 e. The van der Waals surface area contributed by atoms with Crippen LogP contribution in [-0.2, 0) is 9.59 Å². The van der Waals surface area contributed by atoms with E-state index in [-0.39, 0.29) is 29.4 Å². The van der Waals surface area contributed by atoms with Crippen molar-refractivity contribution in [3.63, 3.8) is 0 Å². The number of aliphatic carboxylic acids is 1. The third kappa shape index (κ3) is 2.38. The molecule has 2 unspecified atom stereocenters. The third-order valence-corrected chi connectivity index (χ3v) is 4.15. The van der Waals surface area contributed by atoms with Crippen molar-refractivity contribution in [2.45, 2.75) is 11.4 Å². The number of fused-ring (bicyclic) bond motifs is 1. The van der Waals surface area contributed by atoms with Crippen molar-refractivity contribution in [2.24, 2.45) is 5.73 Å². The van der Waals surface area contributed by atoms with Crippen LogP contribution in [0, 0.1) is 0 Å². The minimum absolute atomic E-state index is 0. The molecule has 1 fully saturated rings. The van der Waals surface area contributed by atoms with Gasteiger partial charge in [0.25, 0.3) is 0 Å². The van der Waals surface area contributed by atoms with Gasteiger partial charge in [-0.2, -0.15) is 0 Å². The van der Waals surface area contributed by atoms with Gasteiger partial charge in [-0.05, 0) is 5.57 Å². The van der Waals surface area contributed by atoms with E-state index in [4.69, 9.17) is 22.4 Å². The quantitative estimate of drug-likeness (QED) is 0.594. The van der Waals surface area contributed by atoms with Crippen LogP contribution in [0.5, 0.6) is 0 Å². The van der Waals surface area contributed by atoms with Crippen molar-refractivity contribution in [1.82, 2.24) is 4.90 Å². The summed E-state index contributed by atoms with van der Waals surface area (Å²) < 4.78 is 0. The van der Waals surface area contributed by atoms with Gasteiger partial charge in [0, 0.05) is 11.6 Å². The first-order chi connectivity index (χ1) is 8.07. The van der Waals surface area contributed by atoms with Gasteiger partial charge in [-0.25, -0.2) is 4.79 Å². The second-order valence-corrected chi connectivity index (χ2v) is 5.08. The highest BCUT2D eigenvalue weighted by molar-refractivity contribution is 8.00. The molecule has 0 aromatic rings. The number of hydrogen-bond donors (Lipinski definition) is 2. The Morgan fingerprint density at radius 1 is 1.67 bits per heavy atom. The Morgan fingerprint density at radius 2 is 2.33 bits per heavy atom. The number of thioether (sulfide) groups is 1. The lowest BCUT2D eigenvalue weighted by atomic mass is 10.0. The normalized spacial score (nSPS) is 26.8. The highest BCUT2D eigenvalue weighted by atomic mass is 35.5. The number of amides is 1. The monoisotopic (exact) mass is 310 g/mol. The molecule has 5 nitrogen and oxygen atoms in total. The topological polar surface area (TPSA) is 83.6 Å². The maximum absolute atomic E-state index is 11.6. The van der Waals surface area contributed by atoms with E-state index < -0.39 is 12.0 Å². The van der Waals surface area contributed by atoms with Gasteiger partial charge >= 0.3 is 5.97 Å². The fraction of sp³-hybridized carbons (Fsp3) is 0.400. The van der Waals surface area contributed by atoms with Crippen LogP contribution in [0.3, 0.4) is 0 Å². The second kappa shape index (κ2) is 5.97. The average Bonchev–Trinajstić information content (AvgIpc) is 2.33. The van der Waals surface area contributed by atoms with Crippen molar-refractivity contribution in [3.8, 4) is 0 Å². The van der Waals surface area contributed by atoms with Crippen molar-refractivity contribution < 1.29 is 14.7 Å². The Hall–Kier alpha value is -0.690. The molecular weight excluding hydrogens is 299 g/mol. The number of carbonyl (C=O) groups is 2. The average molecular weight is 311 g/mol. The zero-order chi connectivity index (χ0) is 12.6. The van der Waals surface area contributed by atoms with Crippen molar-refractivity contribution >= 4 is 47.6 Å². The lowest BCUT2D eigenvalue weighted by Gasteiger charge is -2.47. The van der Waals surface area contributed by atoms with E-state index in [9.17, 15) is 9.59 Å². The molecule has 2 aliphatic heterocycles. The Labute approximate surface area is 119 Å². The number of nitrogens with two attached hydrogens (primary N) is 1. The van der Waals surface area contributed by atoms with E-state index in [1.807, 2.05) is 0 Å². The van der Waals surface area contributed by atoms with Gasteiger partial charge in [0.15, 0.2) is 0 Å². The lowest BCUT2D eigenvalue weighted by Crippen LogP contribution is -2.68.